The zero-order chi connectivity index (χ0) is 19.4. The number of amides is 2. The van der Waals surface area contributed by atoms with Crippen molar-refractivity contribution in [2.45, 2.75) is 6.42 Å². The number of rotatable bonds is 6. The van der Waals surface area contributed by atoms with Crippen LogP contribution in [0, 0.1) is 10.1 Å². The number of benzene rings is 1. The molecule has 0 atom stereocenters. The van der Waals surface area contributed by atoms with Crippen molar-refractivity contribution in [2.75, 3.05) is 11.9 Å². The van der Waals surface area contributed by atoms with Gasteiger partial charge in [0.15, 0.2) is 0 Å². The summed E-state index contributed by atoms with van der Waals surface area (Å²) in [4.78, 5) is 37.6. The molecule has 1 saturated heterocycles. The summed E-state index contributed by atoms with van der Waals surface area (Å²) in [5, 5.41) is 15.2. The van der Waals surface area contributed by atoms with Crippen LogP contribution >= 0.6 is 35.3 Å². The van der Waals surface area contributed by atoms with Gasteiger partial charge in [0.1, 0.15) is 4.32 Å². The van der Waals surface area contributed by atoms with E-state index in [2.05, 4.69) is 5.32 Å². The smallest absolute Gasteiger partial charge is 0.269 e. The van der Waals surface area contributed by atoms with Crippen molar-refractivity contribution >= 4 is 68.9 Å². The summed E-state index contributed by atoms with van der Waals surface area (Å²) in [6.45, 7) is 0.172. The van der Waals surface area contributed by atoms with Gasteiger partial charge in [-0.3, -0.25) is 24.6 Å². The molecule has 1 aliphatic rings. The number of hydrogen-bond donors (Lipinski definition) is 1. The number of nitro groups is 1. The van der Waals surface area contributed by atoms with E-state index in [1.54, 1.807) is 6.08 Å². The molecule has 1 aromatic carbocycles. The third kappa shape index (κ3) is 4.79. The molecule has 2 amide bonds. The van der Waals surface area contributed by atoms with E-state index in [1.165, 1.54) is 52.3 Å². The highest BCUT2D eigenvalue weighted by molar-refractivity contribution is 8.26. The SMILES string of the molecule is O=C(CCN1C(=O)/C(=C/c2cccs2)SC1=S)Nc1ccc([N+](=O)[O-])cc1. The van der Waals surface area contributed by atoms with Crippen LogP contribution in [0.15, 0.2) is 46.7 Å². The van der Waals surface area contributed by atoms with Crippen molar-refractivity contribution in [1.82, 2.24) is 4.90 Å². The fraction of sp³-hybridized carbons (Fsp3) is 0.118. The van der Waals surface area contributed by atoms with Crippen molar-refractivity contribution in [3.63, 3.8) is 0 Å². The highest BCUT2D eigenvalue weighted by Crippen LogP contribution is 2.33. The van der Waals surface area contributed by atoms with E-state index >= 15 is 0 Å². The maximum Gasteiger partial charge on any atom is 0.269 e. The standard InChI is InChI=1S/C17H13N3O4S3/c21-15(18-11-3-5-12(6-4-11)20(23)24)7-8-19-16(22)14(27-17(19)25)10-13-2-1-9-26-13/h1-6,9-10H,7-8H2,(H,18,21)/b14-10-. The fourth-order valence-corrected chi connectivity index (χ4v) is 4.33. The molecule has 2 aromatic rings. The molecule has 1 fully saturated rings. The maximum absolute atomic E-state index is 12.5. The topological polar surface area (TPSA) is 92.6 Å². The highest BCUT2D eigenvalue weighted by Gasteiger charge is 2.32. The molecule has 1 aromatic heterocycles. The second-order valence-corrected chi connectivity index (χ2v) is 8.11. The molecular formula is C17H13N3O4S3. The molecule has 3 rings (SSSR count). The fourth-order valence-electron chi connectivity index (χ4n) is 2.30. The van der Waals surface area contributed by atoms with Gasteiger partial charge in [0.25, 0.3) is 11.6 Å². The normalized spacial score (nSPS) is 15.4. The monoisotopic (exact) mass is 419 g/mol. The van der Waals surface area contributed by atoms with E-state index in [0.717, 1.165) is 4.88 Å². The number of carbonyl (C=O) groups is 2. The van der Waals surface area contributed by atoms with Gasteiger partial charge in [0.2, 0.25) is 5.91 Å². The van der Waals surface area contributed by atoms with Gasteiger partial charge < -0.3 is 5.32 Å². The Labute approximate surface area is 168 Å². The van der Waals surface area contributed by atoms with Gasteiger partial charge in [0, 0.05) is 35.7 Å². The number of nitro benzene ring substituents is 1. The summed E-state index contributed by atoms with van der Waals surface area (Å²) in [6.07, 6.45) is 1.86. The number of thioether (sulfide) groups is 1. The minimum atomic E-state index is -0.509. The summed E-state index contributed by atoms with van der Waals surface area (Å²) in [7, 11) is 0. The average Bonchev–Trinajstić information content (AvgIpc) is 3.23. The van der Waals surface area contributed by atoms with Gasteiger partial charge in [0.05, 0.1) is 9.83 Å². The first-order valence-electron chi connectivity index (χ1n) is 7.77. The second kappa shape index (κ2) is 8.42. The van der Waals surface area contributed by atoms with Crippen LogP contribution in [-0.2, 0) is 9.59 Å². The summed E-state index contributed by atoms with van der Waals surface area (Å²) >= 11 is 7.99. The molecular weight excluding hydrogens is 406 g/mol. The molecule has 0 spiro atoms. The zero-order valence-corrected chi connectivity index (χ0v) is 16.2. The summed E-state index contributed by atoms with van der Waals surface area (Å²) in [6, 6.07) is 9.35. The number of carbonyl (C=O) groups excluding carboxylic acids is 2. The molecule has 2 heterocycles. The average molecular weight is 420 g/mol. The van der Waals surface area contributed by atoms with Gasteiger partial charge in [-0.15, -0.1) is 11.3 Å². The van der Waals surface area contributed by atoms with E-state index in [9.17, 15) is 19.7 Å². The van der Waals surface area contributed by atoms with Crippen LogP contribution in [-0.4, -0.2) is 32.5 Å². The van der Waals surface area contributed by atoms with Crippen LogP contribution in [0.5, 0.6) is 0 Å². The molecule has 10 heteroatoms. The van der Waals surface area contributed by atoms with E-state index in [0.29, 0.717) is 14.9 Å². The van der Waals surface area contributed by atoms with Crippen LogP contribution in [0.25, 0.3) is 6.08 Å². The predicted octanol–water partition coefficient (Wildman–Crippen LogP) is 3.89. The van der Waals surface area contributed by atoms with Gasteiger partial charge in [-0.05, 0) is 29.7 Å². The molecule has 138 valence electrons. The Morgan fingerprint density at radius 1 is 1.30 bits per heavy atom. The maximum atomic E-state index is 12.5. The Hall–Kier alpha value is -2.56. The minimum absolute atomic E-state index is 0.0527. The van der Waals surface area contributed by atoms with E-state index in [-0.39, 0.29) is 30.5 Å². The number of hydrogen-bond acceptors (Lipinski definition) is 7. The van der Waals surface area contributed by atoms with Crippen molar-refractivity contribution in [2.24, 2.45) is 0 Å². The molecule has 0 unspecified atom stereocenters. The summed E-state index contributed by atoms with van der Waals surface area (Å²) < 4.78 is 0.422. The lowest BCUT2D eigenvalue weighted by molar-refractivity contribution is -0.384. The molecule has 1 N–H and O–H groups in total. The molecule has 7 nitrogen and oxygen atoms in total. The molecule has 0 aliphatic carbocycles. The predicted molar refractivity (Wildman–Crippen MR) is 111 cm³/mol. The van der Waals surface area contributed by atoms with Gasteiger partial charge in [-0.25, -0.2) is 0 Å². The zero-order valence-electron chi connectivity index (χ0n) is 13.8. The van der Waals surface area contributed by atoms with Crippen molar-refractivity contribution in [3.05, 3.63) is 61.7 Å². The second-order valence-electron chi connectivity index (χ2n) is 5.45. The Morgan fingerprint density at radius 2 is 2.04 bits per heavy atom. The van der Waals surface area contributed by atoms with Crippen LogP contribution in [0.2, 0.25) is 0 Å². The number of non-ortho nitro benzene ring substituents is 1. The first kappa shape index (κ1) is 19.2. The molecule has 1 aliphatic heterocycles. The number of nitrogens with one attached hydrogen (secondary N) is 1. The van der Waals surface area contributed by atoms with Crippen molar-refractivity contribution in [1.29, 1.82) is 0 Å². The number of nitrogens with zero attached hydrogens (tertiary/aromatic N) is 2. The lowest BCUT2D eigenvalue weighted by Crippen LogP contribution is -2.31. The molecule has 27 heavy (non-hydrogen) atoms. The Kier molecular flexibility index (Phi) is 5.99. The van der Waals surface area contributed by atoms with Crippen LogP contribution in [0.1, 0.15) is 11.3 Å². The van der Waals surface area contributed by atoms with Crippen LogP contribution < -0.4 is 5.32 Å². The van der Waals surface area contributed by atoms with Gasteiger partial charge >= 0.3 is 0 Å². The number of anilines is 1. The van der Waals surface area contributed by atoms with E-state index in [1.807, 2.05) is 17.5 Å². The first-order valence-corrected chi connectivity index (χ1v) is 9.87. The van der Waals surface area contributed by atoms with Gasteiger partial charge in [-0.1, -0.05) is 30.0 Å². The van der Waals surface area contributed by atoms with Crippen molar-refractivity contribution < 1.29 is 14.5 Å². The van der Waals surface area contributed by atoms with Crippen LogP contribution in [0.3, 0.4) is 0 Å². The Morgan fingerprint density at radius 3 is 2.67 bits per heavy atom. The summed E-state index contributed by atoms with van der Waals surface area (Å²) in [5.41, 5.74) is 0.400. The lowest BCUT2D eigenvalue weighted by Gasteiger charge is -2.14. The number of thiocarbonyl (C=S) groups is 1. The largest absolute Gasteiger partial charge is 0.326 e. The minimum Gasteiger partial charge on any atom is -0.326 e. The molecule has 0 bridgehead atoms. The van der Waals surface area contributed by atoms with E-state index in [4.69, 9.17) is 12.2 Å². The first-order chi connectivity index (χ1) is 12.9. The Balaban J connectivity index is 1.56. The lowest BCUT2D eigenvalue weighted by atomic mass is 10.2. The quantitative estimate of drug-likeness (QED) is 0.331. The van der Waals surface area contributed by atoms with Crippen LogP contribution in [0.4, 0.5) is 11.4 Å². The Bertz CT molecular complexity index is 923. The molecule has 0 saturated carbocycles. The highest BCUT2D eigenvalue weighted by atomic mass is 32.2. The summed E-state index contributed by atoms with van der Waals surface area (Å²) in [5.74, 6) is -0.512. The van der Waals surface area contributed by atoms with Gasteiger partial charge in [-0.2, -0.15) is 0 Å². The molecule has 0 radical (unpaired) electrons. The number of thiophene rings is 1. The third-order valence-corrected chi connectivity index (χ3v) is 5.81. The van der Waals surface area contributed by atoms with Crippen molar-refractivity contribution in [3.8, 4) is 0 Å². The van der Waals surface area contributed by atoms with E-state index < -0.39 is 4.92 Å². The third-order valence-electron chi connectivity index (χ3n) is 3.61.